The van der Waals surface area contributed by atoms with Gasteiger partial charge in [-0.15, -0.1) is 0 Å². The van der Waals surface area contributed by atoms with Gasteiger partial charge in [0, 0.05) is 27.0 Å². The molecule has 9 aromatic rings. The smallest absolute Gasteiger partial charge is 0.101 e. The van der Waals surface area contributed by atoms with Gasteiger partial charge in [0.1, 0.15) is 12.1 Å². The molecule has 1 aliphatic carbocycles. The molecule has 0 aliphatic heterocycles. The molecule has 4 heteroatoms. The maximum absolute atomic E-state index is 10.6. The van der Waals surface area contributed by atoms with Crippen LogP contribution in [0.3, 0.4) is 0 Å². The molecular weight excluding hydrogens is 621 g/mol. The average molecular weight is 651 g/mol. The first-order chi connectivity index (χ1) is 25.0. The molecule has 0 atom stereocenters. The highest BCUT2D eigenvalue weighted by atomic mass is 15.0. The SMILES string of the molecule is CC1(C)c2ccccc2-c2cc3c4ccccc4n(-c4ccc(-c5ccc(-n6c7ccccc7c7ccccc76)c(C#N)c5)cc4C#N)c3cc21. The summed E-state index contributed by atoms with van der Waals surface area (Å²) in [7, 11) is 0. The maximum Gasteiger partial charge on any atom is 0.101 e. The van der Waals surface area contributed by atoms with Gasteiger partial charge in [-0.25, -0.2) is 0 Å². The first-order valence-electron chi connectivity index (χ1n) is 17.2. The van der Waals surface area contributed by atoms with Crippen LogP contribution in [0.2, 0.25) is 0 Å². The molecule has 4 nitrogen and oxygen atoms in total. The number of hydrogen-bond acceptors (Lipinski definition) is 2. The molecule has 10 rings (SSSR count). The normalized spacial score (nSPS) is 13.0. The molecule has 7 aromatic carbocycles. The van der Waals surface area contributed by atoms with Crippen LogP contribution in [0.4, 0.5) is 0 Å². The zero-order valence-electron chi connectivity index (χ0n) is 28.1. The number of aromatic nitrogens is 2. The molecule has 0 saturated carbocycles. The summed E-state index contributed by atoms with van der Waals surface area (Å²) < 4.78 is 4.42. The second kappa shape index (κ2) is 10.6. The molecular formula is C47H30N4. The average Bonchev–Trinajstić information content (AvgIpc) is 3.76. The van der Waals surface area contributed by atoms with E-state index >= 15 is 0 Å². The molecule has 0 spiro atoms. The first-order valence-corrected chi connectivity index (χ1v) is 17.2. The molecule has 0 saturated heterocycles. The Bertz CT molecular complexity index is 2980. The van der Waals surface area contributed by atoms with Crippen LogP contribution >= 0.6 is 0 Å². The van der Waals surface area contributed by atoms with Crippen LogP contribution in [0.25, 0.3) is 77.2 Å². The Labute approximate surface area is 295 Å². The van der Waals surface area contributed by atoms with E-state index in [1.807, 2.05) is 30.3 Å². The van der Waals surface area contributed by atoms with E-state index in [0.29, 0.717) is 11.1 Å². The van der Waals surface area contributed by atoms with E-state index in [-0.39, 0.29) is 5.41 Å². The highest BCUT2D eigenvalue weighted by Gasteiger charge is 2.36. The van der Waals surface area contributed by atoms with E-state index in [4.69, 9.17) is 0 Å². The Balaban J connectivity index is 1.14. The number of fused-ring (bicyclic) bond motifs is 9. The van der Waals surface area contributed by atoms with E-state index in [1.54, 1.807) is 0 Å². The van der Waals surface area contributed by atoms with Crippen molar-refractivity contribution in [1.29, 1.82) is 10.5 Å². The van der Waals surface area contributed by atoms with Crippen molar-refractivity contribution in [2.45, 2.75) is 19.3 Å². The van der Waals surface area contributed by atoms with Crippen molar-refractivity contribution in [2.24, 2.45) is 0 Å². The number of rotatable bonds is 3. The summed E-state index contributed by atoms with van der Waals surface area (Å²) in [5.41, 5.74) is 13.9. The van der Waals surface area contributed by atoms with Gasteiger partial charge in [0.2, 0.25) is 0 Å². The number of para-hydroxylation sites is 3. The summed E-state index contributed by atoms with van der Waals surface area (Å²) in [5.74, 6) is 0. The van der Waals surface area contributed by atoms with Gasteiger partial charge in [-0.2, -0.15) is 10.5 Å². The fourth-order valence-corrected chi connectivity index (χ4v) is 8.61. The van der Waals surface area contributed by atoms with Crippen molar-refractivity contribution in [3.8, 4) is 45.8 Å². The Hall–Kier alpha value is -6.88. The van der Waals surface area contributed by atoms with Crippen molar-refractivity contribution in [3.63, 3.8) is 0 Å². The predicted molar refractivity (Wildman–Crippen MR) is 208 cm³/mol. The lowest BCUT2D eigenvalue weighted by Crippen LogP contribution is -2.15. The van der Waals surface area contributed by atoms with Gasteiger partial charge in [0.15, 0.2) is 0 Å². The van der Waals surface area contributed by atoms with Crippen LogP contribution in [0.5, 0.6) is 0 Å². The van der Waals surface area contributed by atoms with Crippen molar-refractivity contribution >= 4 is 43.6 Å². The monoisotopic (exact) mass is 650 g/mol. The lowest BCUT2D eigenvalue weighted by molar-refractivity contribution is 0.661. The molecule has 0 radical (unpaired) electrons. The molecule has 238 valence electrons. The number of nitrogens with zero attached hydrogens (tertiary/aromatic N) is 4. The van der Waals surface area contributed by atoms with Gasteiger partial charge < -0.3 is 9.13 Å². The van der Waals surface area contributed by atoms with E-state index in [9.17, 15) is 10.5 Å². The molecule has 0 bridgehead atoms. The summed E-state index contributed by atoms with van der Waals surface area (Å²) in [6, 6.07) is 55.6. The molecule has 51 heavy (non-hydrogen) atoms. The van der Waals surface area contributed by atoms with E-state index in [2.05, 4.69) is 150 Å². The summed E-state index contributed by atoms with van der Waals surface area (Å²) in [5, 5.41) is 25.7. The number of nitriles is 2. The molecule has 2 heterocycles. The van der Waals surface area contributed by atoms with Crippen LogP contribution < -0.4 is 0 Å². The zero-order chi connectivity index (χ0) is 34.4. The molecule has 0 amide bonds. The lowest BCUT2D eigenvalue weighted by atomic mass is 9.82. The largest absolute Gasteiger partial charge is 0.308 e. The molecule has 2 aromatic heterocycles. The summed E-state index contributed by atoms with van der Waals surface area (Å²) in [6.45, 7) is 4.60. The van der Waals surface area contributed by atoms with Crippen molar-refractivity contribution in [3.05, 3.63) is 168 Å². The van der Waals surface area contributed by atoms with Gasteiger partial charge in [-0.05, 0) is 88.0 Å². The Morgan fingerprint density at radius 3 is 1.45 bits per heavy atom. The van der Waals surface area contributed by atoms with Crippen LogP contribution in [-0.2, 0) is 5.41 Å². The fourth-order valence-electron chi connectivity index (χ4n) is 8.61. The summed E-state index contributed by atoms with van der Waals surface area (Å²) in [4.78, 5) is 0. The minimum Gasteiger partial charge on any atom is -0.308 e. The molecule has 0 fully saturated rings. The van der Waals surface area contributed by atoms with Gasteiger partial charge in [0.05, 0.1) is 44.6 Å². The van der Waals surface area contributed by atoms with Gasteiger partial charge in [-0.3, -0.25) is 0 Å². The standard InChI is InChI=1S/C47H30N4/c1-47(2)39-15-7-3-11-33(39)37-25-38-36-14-6-10-18-45(36)51(46(38)26-40(37)47)42-22-20-30(24-32(42)28-49)29-19-21-41(31(23-29)27-48)50-43-16-8-4-12-34(43)35-13-5-9-17-44(35)50/h3-26H,1-2H3. The lowest BCUT2D eigenvalue weighted by Gasteiger charge is -2.21. The van der Waals surface area contributed by atoms with Crippen molar-refractivity contribution < 1.29 is 0 Å². The van der Waals surface area contributed by atoms with E-state index in [1.165, 1.54) is 27.6 Å². The van der Waals surface area contributed by atoms with Gasteiger partial charge in [-0.1, -0.05) is 105 Å². The third-order valence-electron chi connectivity index (χ3n) is 11.0. The van der Waals surface area contributed by atoms with Crippen molar-refractivity contribution in [2.75, 3.05) is 0 Å². The number of benzene rings is 7. The molecule has 0 unspecified atom stereocenters. The quantitative estimate of drug-likeness (QED) is 0.191. The predicted octanol–water partition coefficient (Wildman–Crippen LogP) is 11.6. The third kappa shape index (κ3) is 3.99. The van der Waals surface area contributed by atoms with Crippen molar-refractivity contribution in [1.82, 2.24) is 9.13 Å². The van der Waals surface area contributed by atoms with Crippen LogP contribution in [0.15, 0.2) is 146 Å². The third-order valence-corrected chi connectivity index (χ3v) is 11.0. The van der Waals surface area contributed by atoms with E-state index < -0.39 is 0 Å². The minimum atomic E-state index is -0.146. The Morgan fingerprint density at radius 1 is 0.431 bits per heavy atom. The molecule has 1 aliphatic rings. The van der Waals surface area contributed by atoms with Crippen LogP contribution in [0.1, 0.15) is 36.1 Å². The summed E-state index contributed by atoms with van der Waals surface area (Å²) in [6.07, 6.45) is 0. The highest BCUT2D eigenvalue weighted by Crippen LogP contribution is 2.51. The number of hydrogen-bond donors (Lipinski definition) is 0. The molecule has 0 N–H and O–H groups in total. The fraction of sp³-hybridized carbons (Fsp3) is 0.0638. The maximum atomic E-state index is 10.6. The second-order valence-corrected chi connectivity index (χ2v) is 14.0. The zero-order valence-corrected chi connectivity index (χ0v) is 28.1. The highest BCUT2D eigenvalue weighted by molar-refractivity contribution is 6.12. The Morgan fingerprint density at radius 2 is 0.902 bits per heavy atom. The summed E-state index contributed by atoms with van der Waals surface area (Å²) >= 11 is 0. The van der Waals surface area contributed by atoms with Gasteiger partial charge >= 0.3 is 0 Å². The first kappa shape index (κ1) is 29.1. The second-order valence-electron chi connectivity index (χ2n) is 14.0. The van der Waals surface area contributed by atoms with E-state index in [0.717, 1.165) is 60.7 Å². The van der Waals surface area contributed by atoms with Crippen LogP contribution in [0, 0.1) is 22.7 Å². The minimum absolute atomic E-state index is 0.146. The topological polar surface area (TPSA) is 57.4 Å². The van der Waals surface area contributed by atoms with Gasteiger partial charge in [0.25, 0.3) is 0 Å². The van der Waals surface area contributed by atoms with Crippen LogP contribution in [-0.4, -0.2) is 9.13 Å². The Kier molecular flexibility index (Phi) is 6.02.